The molecule has 9 heteroatoms. The van der Waals surface area contributed by atoms with E-state index in [9.17, 15) is 27.9 Å². The average molecular weight is 540 g/mol. The number of ketones is 1. The van der Waals surface area contributed by atoms with Gasteiger partial charge in [0.15, 0.2) is 0 Å². The van der Waals surface area contributed by atoms with Crippen LogP contribution in [0.25, 0.3) is 5.76 Å². The number of amides is 1. The van der Waals surface area contributed by atoms with E-state index >= 15 is 0 Å². The van der Waals surface area contributed by atoms with E-state index in [-0.39, 0.29) is 17.2 Å². The van der Waals surface area contributed by atoms with E-state index in [0.717, 1.165) is 22.6 Å². The van der Waals surface area contributed by atoms with Crippen molar-refractivity contribution in [2.24, 2.45) is 0 Å². The number of nitrogens with zero attached hydrogens (tertiary/aromatic N) is 1. The summed E-state index contributed by atoms with van der Waals surface area (Å²) in [6, 6.07) is 12.9. The Hall–Kier alpha value is -4.27. The number of halogens is 3. The Labute approximate surface area is 224 Å². The average Bonchev–Trinajstić information content (AvgIpc) is 3.17. The summed E-state index contributed by atoms with van der Waals surface area (Å²) in [7, 11) is 3.01. The van der Waals surface area contributed by atoms with Crippen molar-refractivity contribution in [2.75, 3.05) is 19.1 Å². The molecular formula is C30H28F3NO5. The van der Waals surface area contributed by atoms with Crippen LogP contribution in [0.4, 0.5) is 18.9 Å². The summed E-state index contributed by atoms with van der Waals surface area (Å²) in [5, 5.41) is 11.6. The number of Topliss-reactive ketones (excluding diaryl/α,β-unsaturated/α-hetero) is 1. The van der Waals surface area contributed by atoms with Gasteiger partial charge in [0.05, 0.1) is 31.4 Å². The van der Waals surface area contributed by atoms with E-state index < -0.39 is 35.2 Å². The van der Waals surface area contributed by atoms with Gasteiger partial charge in [-0.25, -0.2) is 0 Å². The normalized spacial score (nSPS) is 17.2. The first-order chi connectivity index (χ1) is 18.4. The van der Waals surface area contributed by atoms with Crippen molar-refractivity contribution in [3.63, 3.8) is 0 Å². The number of carbonyl (C=O) groups excluding carboxylic acids is 2. The van der Waals surface area contributed by atoms with Crippen LogP contribution in [0.3, 0.4) is 0 Å². The molecule has 4 rings (SSSR count). The van der Waals surface area contributed by atoms with Gasteiger partial charge in [-0.3, -0.25) is 14.5 Å². The van der Waals surface area contributed by atoms with Crippen molar-refractivity contribution in [3.8, 4) is 11.5 Å². The number of anilines is 1. The van der Waals surface area contributed by atoms with Crippen LogP contribution in [0.2, 0.25) is 0 Å². The summed E-state index contributed by atoms with van der Waals surface area (Å²) in [5.41, 5.74) is 0.768. The van der Waals surface area contributed by atoms with Crippen molar-refractivity contribution in [2.45, 2.75) is 38.9 Å². The standard InChI is InChI=1S/C30H28F3NO5/c1-16(2)22-15-23(17(3)13-24(22)39-5)27(35)25-26(18-9-11-21(38-4)12-10-18)34(29(37)28(25)36)20-8-6-7-19(14-20)30(31,32)33/h6-16,26,35H,1-5H3/b27-25+. The highest BCUT2D eigenvalue weighted by atomic mass is 19.4. The Morgan fingerprint density at radius 2 is 1.64 bits per heavy atom. The highest BCUT2D eigenvalue weighted by Crippen LogP contribution is 2.44. The Balaban J connectivity index is 1.99. The largest absolute Gasteiger partial charge is 0.507 e. The molecule has 204 valence electrons. The topological polar surface area (TPSA) is 76.1 Å². The summed E-state index contributed by atoms with van der Waals surface area (Å²) in [6.45, 7) is 5.62. The second-order valence-corrected chi connectivity index (χ2v) is 9.55. The Kier molecular flexibility index (Phi) is 7.46. The first-order valence-electron chi connectivity index (χ1n) is 12.2. The number of carbonyl (C=O) groups is 2. The molecule has 1 heterocycles. The zero-order valence-corrected chi connectivity index (χ0v) is 22.1. The van der Waals surface area contributed by atoms with E-state index in [4.69, 9.17) is 9.47 Å². The number of hydrogen-bond acceptors (Lipinski definition) is 5. The number of rotatable bonds is 6. The summed E-state index contributed by atoms with van der Waals surface area (Å²) < 4.78 is 51.3. The van der Waals surface area contributed by atoms with Crippen molar-refractivity contribution < 1.29 is 37.3 Å². The number of alkyl halides is 3. The van der Waals surface area contributed by atoms with Crippen molar-refractivity contribution in [3.05, 3.63) is 94.1 Å². The van der Waals surface area contributed by atoms with E-state index in [2.05, 4.69) is 0 Å². The fourth-order valence-corrected chi connectivity index (χ4v) is 4.76. The van der Waals surface area contributed by atoms with Gasteiger partial charge in [-0.2, -0.15) is 13.2 Å². The van der Waals surface area contributed by atoms with Gasteiger partial charge < -0.3 is 14.6 Å². The van der Waals surface area contributed by atoms with Crippen LogP contribution in [0.15, 0.2) is 66.2 Å². The molecule has 0 bridgehead atoms. The van der Waals surface area contributed by atoms with Crippen molar-refractivity contribution >= 4 is 23.1 Å². The van der Waals surface area contributed by atoms with E-state index in [0.29, 0.717) is 28.2 Å². The molecule has 1 saturated heterocycles. The second-order valence-electron chi connectivity index (χ2n) is 9.55. The molecule has 0 radical (unpaired) electrons. The lowest BCUT2D eigenvalue weighted by Crippen LogP contribution is -2.29. The highest BCUT2D eigenvalue weighted by molar-refractivity contribution is 6.51. The molecule has 39 heavy (non-hydrogen) atoms. The van der Waals surface area contributed by atoms with Gasteiger partial charge >= 0.3 is 6.18 Å². The van der Waals surface area contributed by atoms with Gasteiger partial charge in [0, 0.05) is 11.3 Å². The van der Waals surface area contributed by atoms with Crippen LogP contribution in [-0.4, -0.2) is 31.0 Å². The number of aryl methyl sites for hydroxylation is 1. The van der Waals surface area contributed by atoms with Crippen LogP contribution < -0.4 is 14.4 Å². The monoisotopic (exact) mass is 539 g/mol. The maximum Gasteiger partial charge on any atom is 0.416 e. The van der Waals surface area contributed by atoms with Crippen LogP contribution in [0.5, 0.6) is 11.5 Å². The molecule has 1 amide bonds. The minimum atomic E-state index is -4.66. The Bertz CT molecular complexity index is 1460. The molecule has 1 fully saturated rings. The van der Waals surface area contributed by atoms with Crippen molar-refractivity contribution in [1.82, 2.24) is 0 Å². The summed E-state index contributed by atoms with van der Waals surface area (Å²) >= 11 is 0. The molecule has 1 aliphatic rings. The molecule has 0 aliphatic carbocycles. The summed E-state index contributed by atoms with van der Waals surface area (Å²) in [4.78, 5) is 27.8. The fraction of sp³-hybridized carbons (Fsp3) is 0.267. The molecule has 1 atom stereocenters. The fourth-order valence-electron chi connectivity index (χ4n) is 4.76. The Morgan fingerprint density at radius 3 is 2.21 bits per heavy atom. The van der Waals surface area contributed by atoms with Gasteiger partial charge in [-0.15, -0.1) is 0 Å². The van der Waals surface area contributed by atoms with Gasteiger partial charge in [-0.1, -0.05) is 32.0 Å². The third-order valence-corrected chi connectivity index (χ3v) is 6.78. The minimum absolute atomic E-state index is 0.0111. The van der Waals surface area contributed by atoms with Crippen LogP contribution in [0, 0.1) is 6.92 Å². The maximum absolute atomic E-state index is 13.5. The van der Waals surface area contributed by atoms with Crippen LogP contribution in [0.1, 0.15) is 53.6 Å². The lowest BCUT2D eigenvalue weighted by Gasteiger charge is -2.26. The molecule has 1 N–H and O–H groups in total. The first-order valence-corrected chi connectivity index (χ1v) is 12.2. The minimum Gasteiger partial charge on any atom is -0.507 e. The van der Waals surface area contributed by atoms with E-state index in [1.807, 2.05) is 13.8 Å². The zero-order valence-electron chi connectivity index (χ0n) is 22.1. The zero-order chi connectivity index (χ0) is 28.6. The van der Waals surface area contributed by atoms with Crippen molar-refractivity contribution in [1.29, 1.82) is 0 Å². The number of ether oxygens (including phenoxy) is 2. The predicted molar refractivity (Wildman–Crippen MR) is 141 cm³/mol. The Morgan fingerprint density at radius 1 is 0.974 bits per heavy atom. The van der Waals surface area contributed by atoms with E-state index in [1.54, 1.807) is 43.3 Å². The quantitative estimate of drug-likeness (QED) is 0.212. The SMILES string of the molecule is COc1ccc(C2/C(=C(\O)c3cc(C(C)C)c(OC)cc3C)C(=O)C(=O)N2c2cccc(C(F)(F)F)c2)cc1. The molecule has 1 unspecified atom stereocenters. The highest BCUT2D eigenvalue weighted by Gasteiger charge is 2.47. The summed E-state index contributed by atoms with van der Waals surface area (Å²) in [6.07, 6.45) is -4.66. The van der Waals surface area contributed by atoms with Gasteiger partial charge in [-0.05, 0) is 72.0 Å². The first kappa shape index (κ1) is 27.8. The van der Waals surface area contributed by atoms with Gasteiger partial charge in [0.2, 0.25) is 0 Å². The lowest BCUT2D eigenvalue weighted by molar-refractivity contribution is -0.137. The number of methoxy groups -OCH3 is 2. The van der Waals surface area contributed by atoms with E-state index in [1.165, 1.54) is 26.4 Å². The smallest absolute Gasteiger partial charge is 0.416 e. The molecule has 3 aromatic rings. The molecule has 0 saturated carbocycles. The third-order valence-electron chi connectivity index (χ3n) is 6.78. The molecule has 0 spiro atoms. The molecule has 1 aliphatic heterocycles. The molecule has 6 nitrogen and oxygen atoms in total. The number of aliphatic hydroxyl groups excluding tert-OH is 1. The van der Waals surface area contributed by atoms with Gasteiger partial charge in [0.1, 0.15) is 17.3 Å². The lowest BCUT2D eigenvalue weighted by atomic mass is 9.91. The molecular weight excluding hydrogens is 511 g/mol. The number of aliphatic hydroxyl groups is 1. The van der Waals surface area contributed by atoms with Crippen LogP contribution in [-0.2, 0) is 15.8 Å². The maximum atomic E-state index is 13.5. The van der Waals surface area contributed by atoms with Crippen LogP contribution >= 0.6 is 0 Å². The summed E-state index contributed by atoms with van der Waals surface area (Å²) in [5.74, 6) is -1.36. The predicted octanol–water partition coefficient (Wildman–Crippen LogP) is 6.78. The molecule has 3 aromatic carbocycles. The van der Waals surface area contributed by atoms with Gasteiger partial charge in [0.25, 0.3) is 11.7 Å². The second kappa shape index (κ2) is 10.5. The number of benzene rings is 3. The number of hydrogen-bond donors (Lipinski definition) is 1. The third kappa shape index (κ3) is 5.08. The molecule has 0 aromatic heterocycles.